The Morgan fingerprint density at radius 1 is 1.17 bits per heavy atom. The largest absolute Gasteiger partial charge is 0.456 e. The predicted octanol–water partition coefficient (Wildman–Crippen LogP) is 2.31. The zero-order valence-corrected chi connectivity index (χ0v) is 13.9. The monoisotopic (exact) mass is 352 g/mol. The van der Waals surface area contributed by atoms with E-state index >= 15 is 0 Å². The molecule has 0 aliphatic rings. The maximum atomic E-state index is 11.5. The lowest BCUT2D eigenvalue weighted by Crippen LogP contribution is -2.41. The molecule has 0 bridgehead atoms. The first-order valence-corrected chi connectivity index (χ1v) is 8.72. The number of ether oxygens (including phenoxy) is 1. The first-order chi connectivity index (χ1) is 11.1. The number of esters is 1. The first-order valence-electron chi connectivity index (χ1n) is 6.90. The fraction of sp³-hybridized carbons (Fsp3) is 0.267. The van der Waals surface area contributed by atoms with Crippen LogP contribution in [0.3, 0.4) is 0 Å². The standard InChI is InChI=1S/C15H16N2O4S2/c18-13(17-15(20)16-8-12-2-1-6-23-12)9-21-14(19)4-3-11-5-7-22-10-11/h1-2,5-7,10H,3-4,8-9H2,(H2,16,17,18,20). The van der Waals surface area contributed by atoms with Crippen LogP contribution in [0.25, 0.3) is 0 Å². The van der Waals surface area contributed by atoms with Crippen molar-refractivity contribution >= 4 is 40.6 Å². The molecule has 0 aliphatic heterocycles. The van der Waals surface area contributed by atoms with Gasteiger partial charge in [-0.05, 0) is 40.3 Å². The number of rotatable bonds is 7. The summed E-state index contributed by atoms with van der Waals surface area (Å²) in [6.07, 6.45) is 0.778. The highest BCUT2D eigenvalue weighted by molar-refractivity contribution is 7.09. The molecule has 23 heavy (non-hydrogen) atoms. The summed E-state index contributed by atoms with van der Waals surface area (Å²) in [6.45, 7) is -0.119. The Labute approximate surface area is 141 Å². The molecule has 2 heterocycles. The van der Waals surface area contributed by atoms with Crippen LogP contribution in [0, 0.1) is 0 Å². The number of carbonyl (C=O) groups is 3. The van der Waals surface area contributed by atoms with E-state index in [1.165, 1.54) is 11.3 Å². The van der Waals surface area contributed by atoms with Gasteiger partial charge < -0.3 is 10.1 Å². The number of carbonyl (C=O) groups excluding carboxylic acids is 3. The van der Waals surface area contributed by atoms with Gasteiger partial charge in [-0.2, -0.15) is 11.3 Å². The van der Waals surface area contributed by atoms with E-state index in [2.05, 4.69) is 10.6 Å². The van der Waals surface area contributed by atoms with Gasteiger partial charge in [0.05, 0.1) is 6.54 Å². The van der Waals surface area contributed by atoms with Crippen LogP contribution in [0.15, 0.2) is 34.3 Å². The Balaban J connectivity index is 1.58. The lowest BCUT2D eigenvalue weighted by atomic mass is 10.2. The third-order valence-electron chi connectivity index (χ3n) is 2.82. The molecule has 0 atom stereocenters. The second-order valence-electron chi connectivity index (χ2n) is 4.60. The van der Waals surface area contributed by atoms with Gasteiger partial charge in [-0.3, -0.25) is 14.9 Å². The molecule has 2 N–H and O–H groups in total. The van der Waals surface area contributed by atoms with E-state index in [0.717, 1.165) is 10.4 Å². The van der Waals surface area contributed by atoms with Crippen LogP contribution in [-0.4, -0.2) is 24.5 Å². The molecule has 0 aromatic carbocycles. The third kappa shape index (κ3) is 6.62. The molecule has 0 saturated heterocycles. The molecular weight excluding hydrogens is 336 g/mol. The van der Waals surface area contributed by atoms with Crippen molar-refractivity contribution in [3.05, 3.63) is 44.8 Å². The van der Waals surface area contributed by atoms with E-state index in [-0.39, 0.29) is 6.42 Å². The SMILES string of the molecule is O=C(COC(=O)CCc1ccsc1)NC(=O)NCc1cccs1. The van der Waals surface area contributed by atoms with Crippen molar-refractivity contribution in [2.75, 3.05) is 6.61 Å². The lowest BCUT2D eigenvalue weighted by molar-refractivity contribution is -0.148. The van der Waals surface area contributed by atoms with Crippen molar-refractivity contribution in [3.8, 4) is 0 Å². The smallest absolute Gasteiger partial charge is 0.321 e. The van der Waals surface area contributed by atoms with Crippen LogP contribution in [-0.2, 0) is 27.3 Å². The van der Waals surface area contributed by atoms with E-state index in [1.807, 2.05) is 34.3 Å². The van der Waals surface area contributed by atoms with Gasteiger partial charge in [0, 0.05) is 11.3 Å². The molecule has 122 valence electrons. The molecule has 0 unspecified atom stereocenters. The molecule has 0 spiro atoms. The summed E-state index contributed by atoms with van der Waals surface area (Å²) in [4.78, 5) is 35.5. The van der Waals surface area contributed by atoms with Gasteiger partial charge in [0.2, 0.25) is 0 Å². The van der Waals surface area contributed by atoms with Gasteiger partial charge in [0.1, 0.15) is 0 Å². The van der Waals surface area contributed by atoms with E-state index in [4.69, 9.17) is 4.74 Å². The topological polar surface area (TPSA) is 84.5 Å². The number of amides is 3. The fourth-order valence-electron chi connectivity index (χ4n) is 1.69. The predicted molar refractivity (Wildman–Crippen MR) is 88.3 cm³/mol. The average molecular weight is 352 g/mol. The van der Waals surface area contributed by atoms with Gasteiger partial charge in [0.25, 0.3) is 5.91 Å². The molecule has 2 rings (SSSR count). The van der Waals surface area contributed by atoms with E-state index in [1.54, 1.807) is 11.3 Å². The maximum absolute atomic E-state index is 11.5. The summed E-state index contributed by atoms with van der Waals surface area (Å²) < 4.78 is 4.83. The van der Waals surface area contributed by atoms with Gasteiger partial charge in [-0.15, -0.1) is 11.3 Å². The number of aryl methyl sites for hydroxylation is 1. The number of nitrogens with one attached hydrogen (secondary N) is 2. The zero-order valence-electron chi connectivity index (χ0n) is 12.2. The van der Waals surface area contributed by atoms with Crippen LogP contribution in [0.2, 0.25) is 0 Å². The summed E-state index contributed by atoms with van der Waals surface area (Å²) in [5.74, 6) is -1.12. The van der Waals surface area contributed by atoms with Crippen molar-refractivity contribution < 1.29 is 19.1 Å². The molecule has 6 nitrogen and oxygen atoms in total. The Bertz CT molecular complexity index is 639. The van der Waals surface area contributed by atoms with Gasteiger partial charge in [-0.25, -0.2) is 4.79 Å². The molecule has 0 fully saturated rings. The summed E-state index contributed by atoms with van der Waals surface area (Å²) >= 11 is 3.07. The van der Waals surface area contributed by atoms with Crippen molar-refractivity contribution in [2.45, 2.75) is 19.4 Å². The normalized spacial score (nSPS) is 10.1. The van der Waals surface area contributed by atoms with Crippen LogP contribution in [0.1, 0.15) is 16.9 Å². The highest BCUT2D eigenvalue weighted by atomic mass is 32.1. The quantitative estimate of drug-likeness (QED) is 0.749. The first kappa shape index (κ1) is 17.2. The molecule has 8 heteroatoms. The van der Waals surface area contributed by atoms with E-state index in [9.17, 15) is 14.4 Å². The number of hydrogen-bond acceptors (Lipinski definition) is 6. The van der Waals surface area contributed by atoms with Gasteiger partial charge >= 0.3 is 12.0 Å². The Morgan fingerprint density at radius 3 is 2.74 bits per heavy atom. The summed E-state index contributed by atoms with van der Waals surface area (Å²) in [6, 6.07) is 5.07. The third-order valence-corrected chi connectivity index (χ3v) is 4.43. The zero-order chi connectivity index (χ0) is 16.5. The highest BCUT2D eigenvalue weighted by Gasteiger charge is 2.11. The highest BCUT2D eigenvalue weighted by Crippen LogP contribution is 2.09. The minimum atomic E-state index is -0.655. The van der Waals surface area contributed by atoms with Crippen molar-refractivity contribution in [1.29, 1.82) is 0 Å². The molecular formula is C15H16N2O4S2. The van der Waals surface area contributed by atoms with Crippen LogP contribution >= 0.6 is 22.7 Å². The van der Waals surface area contributed by atoms with Crippen molar-refractivity contribution in [1.82, 2.24) is 10.6 Å². The fourth-order valence-corrected chi connectivity index (χ4v) is 3.03. The van der Waals surface area contributed by atoms with E-state index in [0.29, 0.717) is 13.0 Å². The number of imide groups is 1. The van der Waals surface area contributed by atoms with Crippen LogP contribution in [0.5, 0.6) is 0 Å². The maximum Gasteiger partial charge on any atom is 0.321 e. The molecule has 0 saturated carbocycles. The second-order valence-corrected chi connectivity index (χ2v) is 6.41. The number of hydrogen-bond donors (Lipinski definition) is 2. The van der Waals surface area contributed by atoms with Crippen LogP contribution in [0.4, 0.5) is 4.79 Å². The minimum Gasteiger partial charge on any atom is -0.456 e. The summed E-state index contributed by atoms with van der Waals surface area (Å²) in [7, 11) is 0. The second kappa shape index (κ2) is 9.06. The summed E-state index contributed by atoms with van der Waals surface area (Å²) in [5, 5.41) is 10.4. The van der Waals surface area contributed by atoms with Crippen LogP contribution < -0.4 is 10.6 Å². The van der Waals surface area contributed by atoms with Crippen molar-refractivity contribution in [2.24, 2.45) is 0 Å². The average Bonchev–Trinajstić information content (AvgIpc) is 3.22. The number of thiophene rings is 2. The molecule has 0 aliphatic carbocycles. The lowest BCUT2D eigenvalue weighted by Gasteiger charge is -2.06. The molecule has 2 aromatic rings. The summed E-state index contributed by atoms with van der Waals surface area (Å²) in [5.41, 5.74) is 1.06. The molecule has 3 amide bonds. The Hall–Kier alpha value is -2.19. The number of urea groups is 1. The van der Waals surface area contributed by atoms with Gasteiger partial charge in [-0.1, -0.05) is 6.07 Å². The van der Waals surface area contributed by atoms with E-state index < -0.39 is 24.5 Å². The van der Waals surface area contributed by atoms with Gasteiger partial charge in [0.15, 0.2) is 6.61 Å². The Kier molecular flexibility index (Phi) is 6.76. The van der Waals surface area contributed by atoms with Crippen molar-refractivity contribution in [3.63, 3.8) is 0 Å². The minimum absolute atomic E-state index is 0.203. The molecule has 2 aromatic heterocycles. The molecule has 0 radical (unpaired) electrons. The Morgan fingerprint density at radius 2 is 2.04 bits per heavy atom.